The third-order valence-corrected chi connectivity index (χ3v) is 12.7. The van der Waals surface area contributed by atoms with Crippen molar-refractivity contribution in [3.05, 3.63) is 94.0 Å². The van der Waals surface area contributed by atoms with E-state index in [-0.39, 0.29) is 49.9 Å². The van der Waals surface area contributed by atoms with Crippen LogP contribution in [-0.2, 0) is 32.8 Å². The molecule has 3 fully saturated rings. The number of benzene rings is 3. The quantitative estimate of drug-likeness (QED) is 0.196. The van der Waals surface area contributed by atoms with Gasteiger partial charge in [-0.2, -0.15) is 13.2 Å². The molecule has 2 saturated heterocycles. The summed E-state index contributed by atoms with van der Waals surface area (Å²) in [5, 5.41) is 3.46. The van der Waals surface area contributed by atoms with Crippen LogP contribution in [0.3, 0.4) is 0 Å². The van der Waals surface area contributed by atoms with Crippen molar-refractivity contribution in [2.75, 3.05) is 45.1 Å². The summed E-state index contributed by atoms with van der Waals surface area (Å²) in [6, 6.07) is 17.8. The SMILES string of the molecule is CCS(=O)(=O)c1cc2c(C(=O)NC3(c4ccccc4)CC3)c(CN3CCC(N4CCOCC4)CC3)c(-c3cccc(C(F)(F)F)c3)nc2cc1Cl. The number of amides is 1. The van der Waals surface area contributed by atoms with Crippen molar-refractivity contribution in [1.29, 1.82) is 0 Å². The van der Waals surface area contributed by atoms with Crippen LogP contribution in [0, 0.1) is 0 Å². The summed E-state index contributed by atoms with van der Waals surface area (Å²) in [4.78, 5) is 24.2. The van der Waals surface area contributed by atoms with Crippen LogP contribution in [0.2, 0.25) is 5.02 Å². The van der Waals surface area contributed by atoms with Gasteiger partial charge in [-0.25, -0.2) is 13.4 Å². The zero-order chi connectivity index (χ0) is 36.0. The molecule has 270 valence electrons. The van der Waals surface area contributed by atoms with Gasteiger partial charge >= 0.3 is 6.18 Å². The lowest BCUT2D eigenvalue weighted by Gasteiger charge is -2.40. The van der Waals surface area contributed by atoms with Gasteiger partial charge in [0.2, 0.25) is 0 Å². The lowest BCUT2D eigenvalue weighted by Crippen LogP contribution is -2.48. The number of fused-ring (bicyclic) bond motifs is 1. The average Bonchev–Trinajstić information content (AvgIpc) is 3.92. The zero-order valence-corrected chi connectivity index (χ0v) is 29.9. The van der Waals surface area contributed by atoms with E-state index >= 15 is 0 Å². The largest absolute Gasteiger partial charge is 0.416 e. The first-order chi connectivity index (χ1) is 24.4. The number of alkyl halides is 3. The van der Waals surface area contributed by atoms with Crippen LogP contribution < -0.4 is 5.32 Å². The lowest BCUT2D eigenvalue weighted by molar-refractivity contribution is -0.137. The molecule has 7 rings (SSSR count). The Morgan fingerprint density at radius 1 is 1.00 bits per heavy atom. The molecule has 0 unspecified atom stereocenters. The highest BCUT2D eigenvalue weighted by Gasteiger charge is 2.46. The normalized spacial score (nSPS) is 18.9. The fourth-order valence-electron chi connectivity index (χ4n) is 7.45. The molecule has 1 saturated carbocycles. The summed E-state index contributed by atoms with van der Waals surface area (Å²) in [7, 11) is -3.81. The van der Waals surface area contributed by atoms with Gasteiger partial charge in [0.1, 0.15) is 0 Å². The third kappa shape index (κ3) is 7.39. The van der Waals surface area contributed by atoms with E-state index in [0.29, 0.717) is 50.8 Å². The summed E-state index contributed by atoms with van der Waals surface area (Å²) in [5.41, 5.74) is 0.747. The Bertz CT molecular complexity index is 2040. The summed E-state index contributed by atoms with van der Waals surface area (Å²) in [6.07, 6.45) is -1.43. The number of ether oxygens (including phenoxy) is 1. The van der Waals surface area contributed by atoms with E-state index in [2.05, 4.69) is 15.1 Å². The number of pyridine rings is 1. The van der Waals surface area contributed by atoms with Crippen molar-refractivity contribution < 1.29 is 31.1 Å². The van der Waals surface area contributed by atoms with Crippen molar-refractivity contribution in [3.63, 3.8) is 0 Å². The van der Waals surface area contributed by atoms with E-state index < -0.39 is 33.0 Å². The van der Waals surface area contributed by atoms with Crippen molar-refractivity contribution in [1.82, 2.24) is 20.1 Å². The lowest BCUT2D eigenvalue weighted by atomic mass is 9.93. The summed E-state index contributed by atoms with van der Waals surface area (Å²) in [5.74, 6) is -0.658. The van der Waals surface area contributed by atoms with Crippen LogP contribution in [0.1, 0.15) is 59.7 Å². The van der Waals surface area contributed by atoms with E-state index in [1.807, 2.05) is 30.3 Å². The summed E-state index contributed by atoms with van der Waals surface area (Å²) in [6.45, 7) is 6.29. The van der Waals surface area contributed by atoms with Gasteiger partial charge in [0.25, 0.3) is 5.91 Å². The van der Waals surface area contributed by atoms with Gasteiger partial charge < -0.3 is 10.1 Å². The Kier molecular flexibility index (Phi) is 9.92. The van der Waals surface area contributed by atoms with Gasteiger partial charge in [-0.3, -0.25) is 14.6 Å². The second kappa shape index (κ2) is 14.1. The first-order valence-corrected chi connectivity index (χ1v) is 19.4. The van der Waals surface area contributed by atoms with E-state index in [4.69, 9.17) is 21.3 Å². The van der Waals surface area contributed by atoms with E-state index in [1.54, 1.807) is 6.07 Å². The first-order valence-electron chi connectivity index (χ1n) is 17.4. The molecule has 1 aliphatic carbocycles. The van der Waals surface area contributed by atoms with Gasteiger partial charge in [0.15, 0.2) is 9.84 Å². The first kappa shape index (κ1) is 35.8. The van der Waals surface area contributed by atoms with Gasteiger partial charge in [0.05, 0.1) is 56.8 Å². The number of nitrogens with zero attached hydrogens (tertiary/aromatic N) is 3. The smallest absolute Gasteiger partial charge is 0.379 e. The number of hydrogen-bond donors (Lipinski definition) is 1. The number of halogens is 4. The van der Waals surface area contributed by atoms with Crippen LogP contribution in [-0.4, -0.2) is 80.3 Å². The molecular formula is C38H40ClF3N4O4S. The van der Waals surface area contributed by atoms with Crippen molar-refractivity contribution in [2.45, 2.75) is 61.8 Å². The fraction of sp³-hybridized carbons (Fsp3) is 0.421. The van der Waals surface area contributed by atoms with E-state index in [1.165, 1.54) is 25.1 Å². The number of aromatic nitrogens is 1. The fourth-order valence-corrected chi connectivity index (χ4v) is 8.92. The maximum Gasteiger partial charge on any atom is 0.416 e. The zero-order valence-electron chi connectivity index (χ0n) is 28.3. The second-order valence-corrected chi connectivity index (χ2v) is 16.3. The topological polar surface area (TPSA) is 91.8 Å². The molecule has 3 aromatic carbocycles. The molecule has 1 amide bonds. The predicted molar refractivity (Wildman–Crippen MR) is 190 cm³/mol. The molecule has 2 aliphatic heterocycles. The number of hydrogen-bond acceptors (Lipinski definition) is 7. The molecule has 0 atom stereocenters. The Balaban J connectivity index is 1.39. The number of carbonyl (C=O) groups is 1. The molecule has 0 bridgehead atoms. The predicted octanol–water partition coefficient (Wildman–Crippen LogP) is 7.08. The number of piperidine rings is 1. The Labute approximate surface area is 300 Å². The van der Waals surface area contributed by atoms with Crippen molar-refractivity contribution in [2.24, 2.45) is 0 Å². The molecule has 51 heavy (non-hydrogen) atoms. The van der Waals surface area contributed by atoms with E-state index in [0.717, 1.165) is 43.6 Å². The molecule has 1 aromatic heterocycles. The minimum Gasteiger partial charge on any atom is -0.379 e. The number of nitrogens with one attached hydrogen (secondary N) is 1. The van der Waals surface area contributed by atoms with E-state index in [9.17, 15) is 26.4 Å². The highest BCUT2D eigenvalue weighted by molar-refractivity contribution is 7.91. The molecular weight excluding hydrogens is 701 g/mol. The molecule has 3 heterocycles. The second-order valence-electron chi connectivity index (χ2n) is 13.7. The Morgan fingerprint density at radius 2 is 1.71 bits per heavy atom. The molecule has 0 radical (unpaired) electrons. The minimum absolute atomic E-state index is 0.0703. The average molecular weight is 741 g/mol. The summed E-state index contributed by atoms with van der Waals surface area (Å²) >= 11 is 6.56. The van der Waals surface area contributed by atoms with Crippen LogP contribution in [0.15, 0.2) is 71.6 Å². The third-order valence-electron chi connectivity index (χ3n) is 10.5. The van der Waals surface area contributed by atoms with Crippen molar-refractivity contribution in [3.8, 4) is 11.3 Å². The monoisotopic (exact) mass is 740 g/mol. The maximum absolute atomic E-state index is 14.8. The summed E-state index contributed by atoms with van der Waals surface area (Å²) < 4.78 is 74.1. The number of likely N-dealkylation sites (tertiary alicyclic amines) is 1. The minimum atomic E-state index is -4.60. The Morgan fingerprint density at radius 3 is 2.35 bits per heavy atom. The molecule has 3 aliphatic rings. The highest BCUT2D eigenvalue weighted by Crippen LogP contribution is 2.46. The van der Waals surface area contributed by atoms with Crippen LogP contribution in [0.25, 0.3) is 22.2 Å². The van der Waals surface area contributed by atoms with Crippen LogP contribution >= 0.6 is 11.6 Å². The maximum atomic E-state index is 14.8. The molecule has 8 nitrogen and oxygen atoms in total. The number of rotatable bonds is 9. The van der Waals surface area contributed by atoms with Crippen LogP contribution in [0.4, 0.5) is 13.2 Å². The molecule has 1 N–H and O–H groups in total. The number of sulfone groups is 1. The molecule has 0 spiro atoms. The molecule has 13 heteroatoms. The van der Waals surface area contributed by atoms with Gasteiger partial charge in [-0.1, -0.05) is 61.0 Å². The highest BCUT2D eigenvalue weighted by atomic mass is 35.5. The number of carbonyl (C=O) groups excluding carboxylic acids is 1. The Hall–Kier alpha value is -3.55. The van der Waals surface area contributed by atoms with Gasteiger partial charge in [-0.15, -0.1) is 0 Å². The van der Waals surface area contributed by atoms with Crippen LogP contribution in [0.5, 0.6) is 0 Å². The molecule has 4 aromatic rings. The van der Waals surface area contributed by atoms with Gasteiger partial charge in [0, 0.05) is 42.2 Å². The standard InChI is InChI=1S/C38H40ClF3N4O4S/c1-2-51(48,49)33-22-29-32(23-31(33)39)43-35(25-7-6-10-27(21-25)38(40,41)42)30(24-45-15-11-28(12-16-45)46-17-19-50-20-18-46)34(29)36(47)44-37(13-14-37)26-8-4-3-5-9-26/h3-10,21-23,28H,2,11-20,24H2,1H3,(H,44,47). The number of morpholine rings is 1. The van der Waals surface area contributed by atoms with Crippen molar-refractivity contribution >= 4 is 38.2 Å². The van der Waals surface area contributed by atoms with Gasteiger partial charge in [-0.05, 0) is 68.6 Å².